The third-order valence-corrected chi connectivity index (χ3v) is 8.74. The van der Waals surface area contributed by atoms with Crippen LogP contribution in [0.5, 0.6) is 17.2 Å². The maximum Gasteiger partial charge on any atom is 0.236 e. The molecule has 2 bridgehead atoms. The van der Waals surface area contributed by atoms with E-state index in [-0.39, 0.29) is 32.9 Å². The van der Waals surface area contributed by atoms with Crippen LogP contribution in [0.4, 0.5) is 0 Å². The van der Waals surface area contributed by atoms with E-state index in [1.165, 1.54) is 20.3 Å². The molecule has 9 heteroatoms. The third kappa shape index (κ3) is 3.26. The molecule has 2 fully saturated rings. The lowest BCUT2D eigenvalue weighted by Crippen LogP contribution is -2.69. The van der Waals surface area contributed by atoms with E-state index in [1.54, 1.807) is 6.08 Å². The number of halogens is 1. The number of hydrogen-bond donors (Lipinski definition) is 1. The normalized spacial score (nSPS) is 36.7. The zero-order valence-corrected chi connectivity index (χ0v) is 21.9. The lowest BCUT2D eigenvalue weighted by Gasteiger charge is -2.60. The van der Waals surface area contributed by atoms with Gasteiger partial charge in [-0.1, -0.05) is 32.4 Å². The Morgan fingerprint density at radius 1 is 1.09 bits per heavy atom. The topological polar surface area (TPSA) is 88.5 Å². The fourth-order valence-electron chi connectivity index (χ4n) is 7.03. The fraction of sp³-hybridized carbons (Fsp3) is 0.615. The number of rotatable bonds is 3. The Labute approximate surface area is 210 Å². The van der Waals surface area contributed by atoms with E-state index in [0.29, 0.717) is 25.3 Å². The van der Waals surface area contributed by atoms with Gasteiger partial charge in [0.1, 0.15) is 22.1 Å². The maximum absolute atomic E-state index is 13.7. The van der Waals surface area contributed by atoms with Crippen molar-refractivity contribution in [3.8, 4) is 17.2 Å². The Kier molecular flexibility index (Phi) is 5.48. The summed E-state index contributed by atoms with van der Waals surface area (Å²) in [7, 11) is 5.00. The third-order valence-electron chi connectivity index (χ3n) is 8.38. The van der Waals surface area contributed by atoms with Crippen molar-refractivity contribution >= 4 is 23.2 Å². The van der Waals surface area contributed by atoms with Crippen LogP contribution < -0.4 is 14.2 Å². The number of aliphatic hydroxyl groups is 1. The molecule has 5 rings (SSSR count). The van der Waals surface area contributed by atoms with Gasteiger partial charge in [0.25, 0.3) is 0 Å². The monoisotopic (exact) mass is 504 g/mol. The highest BCUT2D eigenvalue weighted by atomic mass is 35.5. The lowest BCUT2D eigenvalue weighted by atomic mass is 9.62. The van der Waals surface area contributed by atoms with Crippen molar-refractivity contribution < 1.29 is 28.9 Å². The summed E-state index contributed by atoms with van der Waals surface area (Å²) in [6.45, 7) is 8.91. The lowest BCUT2D eigenvalue weighted by molar-refractivity contribution is -0.165. The molecule has 1 aromatic carbocycles. The second-order valence-electron chi connectivity index (χ2n) is 11.3. The van der Waals surface area contributed by atoms with Crippen molar-refractivity contribution in [2.24, 2.45) is 16.7 Å². The highest BCUT2D eigenvalue weighted by Gasteiger charge is 2.61. The fourth-order valence-corrected chi connectivity index (χ4v) is 7.30. The molecule has 2 saturated heterocycles. The standard InChI is InChI=1S/C26H33ClN2O6/c1-14-7-15(29-12-24(2)10-28(4)11-25(3,13-29)23(24)32)8-18(30)26(14)22(31)19-16(33-5)9-17(34-6)20(27)21(19)35-26/h8-9,14,23,32H,7,10-13H2,1-6H3/t14-,23?,24?,25?,26+/m1/s1. The molecule has 8 nitrogen and oxygen atoms in total. The highest BCUT2D eigenvalue weighted by Crippen LogP contribution is 2.54. The van der Waals surface area contributed by atoms with Gasteiger partial charge in [0, 0.05) is 60.8 Å². The SMILES string of the molecule is COc1cc(OC)c2c(c1Cl)O[C@@]1(C(=O)C=C(N3CC4(C)CN(C)CC(C)(C3)C4O)C[C@H]1C)C2=O. The number of aliphatic hydroxyl groups excluding tert-OH is 1. The molecule has 35 heavy (non-hydrogen) atoms. The van der Waals surface area contributed by atoms with Crippen LogP contribution in [0.25, 0.3) is 0 Å². The molecule has 4 aliphatic rings. The zero-order valence-electron chi connectivity index (χ0n) is 21.1. The minimum Gasteiger partial charge on any atom is -0.496 e. The van der Waals surface area contributed by atoms with Crippen LogP contribution in [-0.2, 0) is 4.79 Å². The first-order valence-electron chi connectivity index (χ1n) is 11.9. The van der Waals surface area contributed by atoms with E-state index in [0.717, 1.165) is 18.8 Å². The molecule has 1 aliphatic carbocycles. The van der Waals surface area contributed by atoms with Crippen LogP contribution in [0.2, 0.25) is 5.02 Å². The summed E-state index contributed by atoms with van der Waals surface area (Å²) in [6, 6.07) is 1.54. The largest absolute Gasteiger partial charge is 0.496 e. The minimum atomic E-state index is -1.69. The molecule has 3 heterocycles. The minimum absolute atomic E-state index is 0.128. The molecule has 4 atom stereocenters. The van der Waals surface area contributed by atoms with Crippen molar-refractivity contribution in [3.63, 3.8) is 0 Å². The molecule has 3 aliphatic heterocycles. The summed E-state index contributed by atoms with van der Waals surface area (Å²) >= 11 is 6.49. The van der Waals surface area contributed by atoms with E-state index in [1.807, 2.05) is 6.92 Å². The summed E-state index contributed by atoms with van der Waals surface area (Å²) < 4.78 is 16.9. The number of carbonyl (C=O) groups is 2. The number of ether oxygens (including phenoxy) is 3. The van der Waals surface area contributed by atoms with Crippen LogP contribution in [0.1, 0.15) is 37.6 Å². The van der Waals surface area contributed by atoms with Crippen molar-refractivity contribution in [1.82, 2.24) is 9.80 Å². The van der Waals surface area contributed by atoms with E-state index >= 15 is 0 Å². The number of nitrogens with zero attached hydrogens (tertiary/aromatic N) is 2. The number of fused-ring (bicyclic) bond motifs is 3. The Hall–Kier alpha value is -2.29. The van der Waals surface area contributed by atoms with Gasteiger partial charge in [-0.25, -0.2) is 0 Å². The number of allylic oxidation sites excluding steroid dienone is 1. The molecule has 1 N–H and O–H groups in total. The van der Waals surface area contributed by atoms with E-state index in [4.69, 9.17) is 25.8 Å². The van der Waals surface area contributed by atoms with Gasteiger partial charge < -0.3 is 29.1 Å². The second kappa shape index (κ2) is 7.85. The number of carbonyl (C=O) groups excluding carboxylic acids is 2. The van der Waals surface area contributed by atoms with Crippen molar-refractivity contribution in [1.29, 1.82) is 0 Å². The Balaban J connectivity index is 1.51. The second-order valence-corrected chi connectivity index (χ2v) is 11.7. The number of likely N-dealkylation sites (tertiary alicyclic amines) is 2. The summed E-state index contributed by atoms with van der Waals surface area (Å²) in [5, 5.41) is 11.3. The summed E-state index contributed by atoms with van der Waals surface area (Å²) in [5.41, 5.74) is -1.28. The van der Waals surface area contributed by atoms with Crippen LogP contribution in [0.15, 0.2) is 17.8 Å². The molecule has 1 spiro atoms. The number of Topliss-reactive ketones (excluding diaryl/α,β-unsaturated/α-hetero) is 1. The number of piperidine rings is 2. The molecule has 190 valence electrons. The van der Waals surface area contributed by atoms with Gasteiger partial charge in [-0.3, -0.25) is 9.59 Å². The van der Waals surface area contributed by atoms with E-state index in [2.05, 4.69) is 30.7 Å². The average molecular weight is 505 g/mol. The molecule has 0 aromatic heterocycles. The maximum atomic E-state index is 13.7. The first-order valence-corrected chi connectivity index (χ1v) is 12.3. The molecule has 0 saturated carbocycles. The van der Waals surface area contributed by atoms with Gasteiger partial charge in [0.2, 0.25) is 17.2 Å². The number of benzene rings is 1. The number of methoxy groups -OCH3 is 2. The number of hydrogen-bond acceptors (Lipinski definition) is 8. The Morgan fingerprint density at radius 3 is 2.23 bits per heavy atom. The Bertz CT molecular complexity index is 1130. The first kappa shape index (κ1) is 24.4. The van der Waals surface area contributed by atoms with Gasteiger partial charge in [0.05, 0.1) is 20.3 Å². The summed E-state index contributed by atoms with van der Waals surface area (Å²) in [6.07, 6.45) is 1.62. The molecular formula is C26H33ClN2O6. The highest BCUT2D eigenvalue weighted by molar-refractivity contribution is 6.36. The van der Waals surface area contributed by atoms with Crippen LogP contribution >= 0.6 is 11.6 Å². The molecule has 0 amide bonds. The van der Waals surface area contributed by atoms with Crippen LogP contribution in [-0.4, -0.2) is 85.6 Å². The van der Waals surface area contributed by atoms with Gasteiger partial charge in [0.15, 0.2) is 5.75 Å². The molecule has 2 unspecified atom stereocenters. The summed E-state index contributed by atoms with van der Waals surface area (Å²) in [4.78, 5) is 32.0. The van der Waals surface area contributed by atoms with E-state index in [9.17, 15) is 14.7 Å². The number of ketones is 2. The van der Waals surface area contributed by atoms with Crippen molar-refractivity contribution in [2.75, 3.05) is 47.4 Å². The van der Waals surface area contributed by atoms with Crippen molar-refractivity contribution in [3.05, 3.63) is 28.4 Å². The van der Waals surface area contributed by atoms with Crippen LogP contribution in [0.3, 0.4) is 0 Å². The van der Waals surface area contributed by atoms with Gasteiger partial charge in [-0.15, -0.1) is 0 Å². The predicted molar refractivity (Wildman–Crippen MR) is 130 cm³/mol. The van der Waals surface area contributed by atoms with Crippen LogP contribution in [0, 0.1) is 16.7 Å². The average Bonchev–Trinajstić information content (AvgIpc) is 3.09. The summed E-state index contributed by atoms with van der Waals surface area (Å²) in [5.74, 6) is -0.563. The Morgan fingerprint density at radius 2 is 1.69 bits per heavy atom. The van der Waals surface area contributed by atoms with Gasteiger partial charge in [-0.05, 0) is 13.5 Å². The quantitative estimate of drug-likeness (QED) is 0.629. The smallest absolute Gasteiger partial charge is 0.236 e. The first-order chi connectivity index (χ1) is 16.4. The van der Waals surface area contributed by atoms with Crippen molar-refractivity contribution in [2.45, 2.75) is 38.9 Å². The molecule has 0 radical (unpaired) electrons. The van der Waals surface area contributed by atoms with E-state index < -0.39 is 29.2 Å². The van der Waals surface area contributed by atoms with Gasteiger partial charge in [-0.2, -0.15) is 0 Å². The zero-order chi connectivity index (χ0) is 25.5. The molecular weight excluding hydrogens is 472 g/mol. The van der Waals surface area contributed by atoms with Gasteiger partial charge >= 0.3 is 0 Å². The molecule has 1 aromatic rings. The predicted octanol–water partition coefficient (Wildman–Crippen LogP) is 2.80.